The summed E-state index contributed by atoms with van der Waals surface area (Å²) in [4.78, 5) is 23.1. The predicted octanol–water partition coefficient (Wildman–Crippen LogP) is 3.02. The zero-order valence-corrected chi connectivity index (χ0v) is 11.9. The minimum absolute atomic E-state index is 0.201. The second-order valence-corrected chi connectivity index (χ2v) is 5.65. The van der Waals surface area contributed by atoms with Crippen LogP contribution < -0.4 is 5.32 Å². The fraction of sp³-hybridized carbons (Fsp3) is 0.286. The number of fused-ring (bicyclic) bond motifs is 1. The summed E-state index contributed by atoms with van der Waals surface area (Å²) in [6.07, 6.45) is 2.53. The molecule has 2 amide bonds. The first-order chi connectivity index (χ1) is 9.06. The van der Waals surface area contributed by atoms with E-state index in [9.17, 15) is 9.59 Å². The van der Waals surface area contributed by atoms with Crippen LogP contribution in [0, 0.1) is 6.92 Å². The van der Waals surface area contributed by atoms with Gasteiger partial charge in [-0.1, -0.05) is 15.9 Å². The molecule has 0 radical (unpaired) electrons. The second-order valence-electron chi connectivity index (χ2n) is 4.79. The Labute approximate surface area is 118 Å². The van der Waals surface area contributed by atoms with Crippen LogP contribution in [0.5, 0.6) is 0 Å². The number of halogens is 1. The number of carbonyl (C=O) groups excluding carboxylic acids is 2. The molecular weight excluding hydrogens is 310 g/mol. The Kier molecular flexibility index (Phi) is 2.93. The highest BCUT2D eigenvalue weighted by Gasteiger charge is 2.30. The van der Waals surface area contributed by atoms with E-state index < -0.39 is 0 Å². The maximum Gasteiger partial charge on any atom is 0.234 e. The number of aryl methyl sites for hydroxylation is 1. The van der Waals surface area contributed by atoms with Gasteiger partial charge in [0.05, 0.1) is 12.2 Å². The van der Waals surface area contributed by atoms with E-state index in [1.165, 1.54) is 0 Å². The molecule has 1 fully saturated rings. The van der Waals surface area contributed by atoms with E-state index >= 15 is 0 Å². The lowest BCUT2D eigenvalue weighted by molar-refractivity contribution is -0.134. The Morgan fingerprint density at radius 1 is 1.37 bits per heavy atom. The van der Waals surface area contributed by atoms with Gasteiger partial charge >= 0.3 is 0 Å². The van der Waals surface area contributed by atoms with Crippen molar-refractivity contribution in [3.05, 3.63) is 34.0 Å². The summed E-state index contributed by atoms with van der Waals surface area (Å²) in [5, 5.41) is 3.32. The van der Waals surface area contributed by atoms with Crippen LogP contribution in [0.2, 0.25) is 0 Å². The minimum Gasteiger partial charge on any atom is -0.464 e. The number of nitrogens with one attached hydrogen (secondary N) is 1. The molecule has 1 aromatic carbocycles. The SMILES string of the molecule is Cc1cc2c(C3CCC(=O)NC3=O)coc2cc1Br. The molecule has 98 valence electrons. The zero-order valence-electron chi connectivity index (χ0n) is 10.3. The summed E-state index contributed by atoms with van der Waals surface area (Å²) >= 11 is 3.46. The summed E-state index contributed by atoms with van der Waals surface area (Å²) in [7, 11) is 0. The number of furan rings is 1. The maximum absolute atomic E-state index is 11.9. The lowest BCUT2D eigenvalue weighted by Crippen LogP contribution is -2.39. The third-order valence-electron chi connectivity index (χ3n) is 3.50. The van der Waals surface area contributed by atoms with Crippen LogP contribution in [0.3, 0.4) is 0 Å². The number of carbonyl (C=O) groups is 2. The van der Waals surface area contributed by atoms with Crippen LogP contribution in [0.25, 0.3) is 11.0 Å². The monoisotopic (exact) mass is 321 g/mol. The molecule has 0 saturated carbocycles. The van der Waals surface area contributed by atoms with Crippen molar-refractivity contribution in [2.24, 2.45) is 0 Å². The van der Waals surface area contributed by atoms with Crippen molar-refractivity contribution < 1.29 is 14.0 Å². The second kappa shape index (κ2) is 4.49. The van der Waals surface area contributed by atoms with Crippen molar-refractivity contribution in [3.63, 3.8) is 0 Å². The Morgan fingerprint density at radius 2 is 2.16 bits per heavy atom. The molecular formula is C14H12BrNO3. The average Bonchev–Trinajstić information content (AvgIpc) is 2.73. The zero-order chi connectivity index (χ0) is 13.6. The van der Waals surface area contributed by atoms with Crippen LogP contribution >= 0.6 is 15.9 Å². The van der Waals surface area contributed by atoms with Gasteiger partial charge in [-0.25, -0.2) is 0 Å². The van der Waals surface area contributed by atoms with Gasteiger partial charge in [0, 0.05) is 21.8 Å². The van der Waals surface area contributed by atoms with Gasteiger partial charge in [-0.15, -0.1) is 0 Å². The Hall–Kier alpha value is -1.62. The minimum atomic E-state index is -0.306. The first-order valence-corrected chi connectivity index (χ1v) is 6.86. The van der Waals surface area contributed by atoms with Crippen LogP contribution in [-0.4, -0.2) is 11.8 Å². The Morgan fingerprint density at radius 3 is 2.89 bits per heavy atom. The first kappa shape index (κ1) is 12.4. The number of piperidine rings is 1. The van der Waals surface area contributed by atoms with Gasteiger partial charge in [-0.3, -0.25) is 14.9 Å². The quantitative estimate of drug-likeness (QED) is 0.821. The number of imide groups is 1. The lowest BCUT2D eigenvalue weighted by Gasteiger charge is -2.19. The fourth-order valence-electron chi connectivity index (χ4n) is 2.44. The summed E-state index contributed by atoms with van der Waals surface area (Å²) in [6, 6.07) is 3.90. The molecule has 0 bridgehead atoms. The van der Waals surface area contributed by atoms with Gasteiger partial charge in [0.15, 0.2) is 0 Å². The van der Waals surface area contributed by atoms with Crippen molar-refractivity contribution in [3.8, 4) is 0 Å². The van der Waals surface area contributed by atoms with Crippen LogP contribution in [0.4, 0.5) is 0 Å². The normalized spacial score (nSPS) is 19.8. The molecule has 2 aromatic rings. The van der Waals surface area contributed by atoms with E-state index in [0.717, 1.165) is 26.6 Å². The van der Waals surface area contributed by atoms with Gasteiger partial charge < -0.3 is 4.42 Å². The summed E-state index contributed by atoms with van der Waals surface area (Å²) in [5.74, 6) is -0.743. The molecule has 1 aliphatic heterocycles. The molecule has 5 heteroatoms. The standard InChI is InChI=1S/C14H12BrNO3/c1-7-4-9-10(6-19-12(9)5-11(7)15)8-2-3-13(17)16-14(8)18/h4-6,8H,2-3H2,1H3,(H,16,17,18). The van der Waals surface area contributed by atoms with Gasteiger partial charge in [0.2, 0.25) is 11.8 Å². The van der Waals surface area contributed by atoms with Crippen molar-refractivity contribution in [2.75, 3.05) is 0 Å². The number of amides is 2. The van der Waals surface area contributed by atoms with E-state index in [0.29, 0.717) is 12.8 Å². The van der Waals surface area contributed by atoms with Crippen LogP contribution in [0.1, 0.15) is 29.9 Å². The molecule has 19 heavy (non-hydrogen) atoms. The smallest absolute Gasteiger partial charge is 0.234 e. The van der Waals surface area contributed by atoms with E-state index in [1.807, 2.05) is 19.1 Å². The van der Waals surface area contributed by atoms with Crippen molar-refractivity contribution in [2.45, 2.75) is 25.7 Å². The highest BCUT2D eigenvalue weighted by atomic mass is 79.9. The summed E-state index contributed by atoms with van der Waals surface area (Å²) in [6.45, 7) is 1.99. The summed E-state index contributed by atoms with van der Waals surface area (Å²) in [5.41, 5.74) is 2.69. The fourth-order valence-corrected chi connectivity index (χ4v) is 2.76. The highest BCUT2D eigenvalue weighted by Crippen LogP contribution is 2.34. The van der Waals surface area contributed by atoms with Gasteiger partial charge in [0.1, 0.15) is 5.58 Å². The predicted molar refractivity (Wildman–Crippen MR) is 73.8 cm³/mol. The van der Waals surface area contributed by atoms with E-state index in [4.69, 9.17) is 4.42 Å². The highest BCUT2D eigenvalue weighted by molar-refractivity contribution is 9.10. The molecule has 1 aromatic heterocycles. The van der Waals surface area contributed by atoms with Gasteiger partial charge in [-0.2, -0.15) is 0 Å². The van der Waals surface area contributed by atoms with E-state index in [2.05, 4.69) is 21.2 Å². The Balaban J connectivity index is 2.08. The molecule has 4 nitrogen and oxygen atoms in total. The molecule has 1 saturated heterocycles. The van der Waals surface area contributed by atoms with Crippen molar-refractivity contribution >= 4 is 38.7 Å². The lowest BCUT2D eigenvalue weighted by atomic mass is 9.90. The average molecular weight is 322 g/mol. The molecule has 3 rings (SSSR count). The van der Waals surface area contributed by atoms with E-state index in [-0.39, 0.29) is 17.7 Å². The van der Waals surface area contributed by atoms with Gasteiger partial charge in [0.25, 0.3) is 0 Å². The molecule has 1 aliphatic rings. The number of benzene rings is 1. The topological polar surface area (TPSA) is 59.3 Å². The number of hydrogen-bond donors (Lipinski definition) is 1. The molecule has 2 heterocycles. The van der Waals surface area contributed by atoms with Crippen LogP contribution in [-0.2, 0) is 9.59 Å². The largest absolute Gasteiger partial charge is 0.464 e. The number of rotatable bonds is 1. The van der Waals surface area contributed by atoms with Crippen molar-refractivity contribution in [1.29, 1.82) is 0 Å². The van der Waals surface area contributed by atoms with Gasteiger partial charge in [-0.05, 0) is 31.0 Å². The maximum atomic E-state index is 11.9. The first-order valence-electron chi connectivity index (χ1n) is 6.07. The van der Waals surface area contributed by atoms with E-state index in [1.54, 1.807) is 6.26 Å². The molecule has 1 atom stereocenters. The third kappa shape index (κ3) is 2.08. The van der Waals surface area contributed by atoms with Crippen LogP contribution in [0.15, 0.2) is 27.3 Å². The third-order valence-corrected chi connectivity index (χ3v) is 4.35. The molecule has 1 N–H and O–H groups in total. The van der Waals surface area contributed by atoms with Crippen molar-refractivity contribution in [1.82, 2.24) is 5.32 Å². The molecule has 0 aliphatic carbocycles. The molecule has 0 spiro atoms. The molecule has 1 unspecified atom stereocenters. The number of hydrogen-bond acceptors (Lipinski definition) is 3. The summed E-state index contributed by atoms with van der Waals surface area (Å²) < 4.78 is 6.49. The Bertz CT molecular complexity index is 689.